The van der Waals surface area contributed by atoms with E-state index in [0.717, 1.165) is 54.7 Å². The number of nitrogens with zero attached hydrogens (tertiary/aromatic N) is 2. The number of rotatable bonds is 24. The topological polar surface area (TPSA) is 388 Å². The van der Waals surface area contributed by atoms with Crippen molar-refractivity contribution in [2.75, 3.05) is 32.7 Å². The van der Waals surface area contributed by atoms with Gasteiger partial charge in [-0.2, -0.15) is 0 Å². The number of benzene rings is 1. The molecule has 0 unspecified atom stereocenters. The number of aliphatic hydroxyl groups is 7. The number of nitrogens with one attached hydrogen (secondary N) is 4. The van der Waals surface area contributed by atoms with Crippen LogP contribution in [0.5, 0.6) is 5.75 Å². The zero-order valence-electron chi connectivity index (χ0n) is 45.4. The fraction of sp³-hybridized carbons (Fsp3) is 0.759. The van der Waals surface area contributed by atoms with Crippen LogP contribution >= 0.6 is 0 Å². The number of aromatic hydroxyl groups is 1. The highest BCUT2D eigenvalue weighted by Gasteiger charge is 2.49. The first-order valence-corrected chi connectivity index (χ1v) is 27.8. The Kier molecular flexibility index (Phi) is 26.8. The van der Waals surface area contributed by atoms with E-state index >= 15 is 0 Å². The number of Topliss-reactive ketones (excluding diaryl/α,β-unsaturated/α-hetero) is 2. The fourth-order valence-electron chi connectivity index (χ4n) is 10.8. The van der Waals surface area contributed by atoms with Gasteiger partial charge in [0.05, 0.1) is 48.6 Å². The van der Waals surface area contributed by atoms with Crippen LogP contribution in [0.15, 0.2) is 24.3 Å². The summed E-state index contributed by atoms with van der Waals surface area (Å²) in [5.74, 6) is -8.86. The van der Waals surface area contributed by atoms with Crippen LogP contribution in [0.3, 0.4) is 0 Å². The molecule has 23 nitrogen and oxygen atoms in total. The van der Waals surface area contributed by atoms with Crippen LogP contribution in [0.2, 0.25) is 0 Å². The lowest BCUT2D eigenvalue weighted by Gasteiger charge is -2.34. The predicted octanol–water partition coefficient (Wildman–Crippen LogP) is -1.13. The molecule has 16 atom stereocenters. The number of carbonyl (C=O) groups is 7. The maximum absolute atomic E-state index is 14.6. The van der Waals surface area contributed by atoms with Gasteiger partial charge in [0.1, 0.15) is 41.9 Å². The van der Waals surface area contributed by atoms with E-state index in [1.54, 1.807) is 0 Å². The summed E-state index contributed by atoms with van der Waals surface area (Å²) in [6.45, 7) is 6.94. The summed E-state index contributed by atoms with van der Waals surface area (Å²) in [5, 5.41) is 100. The minimum atomic E-state index is -2.16. The summed E-state index contributed by atoms with van der Waals surface area (Å²) in [4.78, 5) is 103. The molecule has 0 saturated carbocycles. The van der Waals surface area contributed by atoms with Crippen molar-refractivity contribution in [3.8, 4) is 5.75 Å². The molecule has 1 aromatic carbocycles. The van der Waals surface area contributed by atoms with Crippen LogP contribution in [0.1, 0.15) is 142 Å². The second kappa shape index (κ2) is 31.8. The van der Waals surface area contributed by atoms with E-state index in [-0.39, 0.29) is 62.5 Å². The zero-order valence-corrected chi connectivity index (χ0v) is 45.4. The van der Waals surface area contributed by atoms with Gasteiger partial charge >= 0.3 is 0 Å². The quantitative estimate of drug-likeness (QED) is 0.0545. The smallest absolute Gasteiger partial charge is 0.248 e. The van der Waals surface area contributed by atoms with Gasteiger partial charge in [-0.3, -0.25) is 38.9 Å². The monoisotopic (exact) mass is 1090 g/mol. The lowest BCUT2D eigenvalue weighted by molar-refractivity contribution is -0.149. The van der Waals surface area contributed by atoms with Crippen molar-refractivity contribution in [2.45, 2.75) is 203 Å². The lowest BCUT2D eigenvalue weighted by Crippen LogP contribution is -2.63. The Hall–Kier alpha value is -4.69. The van der Waals surface area contributed by atoms with Gasteiger partial charge in [0.25, 0.3) is 0 Å². The first kappa shape index (κ1) is 64.8. The molecule has 3 aliphatic heterocycles. The molecule has 436 valence electrons. The maximum atomic E-state index is 14.6. The standard InChI is InChI=1S/C54H90N8O15/c1-5-30(2)24-31(3)12-10-8-6-7-9-11-13-36(65)25-34-26-43(70)49(57-22-21-56)60-52(75)46-41(68)19-23-61(46)54(77)45(40(67)18-20-55)59-51(74)38(48(72)47(71)33-14-16-35(64)17-15-33)28-42(69)39-27-37(66)29-62(39)53(76)44(32(4)63)58-50(34)73/h14-17,30-32,34,37-41,43-49,57,63-64,66-68,70-72H,5-13,18-29,55-56H2,1-4H3,(H,58,73)(H,59,74)(H,60,75)/t30-,31+,32+,34-,37+,38-,39-,40+,41-,43+,44-,45-,46-,47-,48-,49-/m0/s1. The SMILES string of the molecule is CC[C@H](C)C[C@H](C)CCCCCCCCC(=O)C[C@H]1C[C@@H](O)[C@@H](NCCN)NC(=O)[C@@H]2[C@@H](O)CCN2C(=O)[C@H]([C@H](O)CCN)NC(=O)[C@H]([C@H](O)[C@@H](O)c2ccc(O)cc2)CC(=O)[C@@H]2C[C@@H](O)CN2C(=O)[C@H]([C@@H](C)O)NC1=O. The minimum absolute atomic E-state index is 0.00947. The van der Waals surface area contributed by atoms with Crippen molar-refractivity contribution >= 4 is 41.1 Å². The highest BCUT2D eigenvalue weighted by atomic mass is 16.3. The molecule has 5 amide bonds. The molecule has 3 fully saturated rings. The van der Waals surface area contributed by atoms with Gasteiger partial charge in [-0.1, -0.05) is 77.8 Å². The number of phenolic OH excluding ortho intramolecular Hbond substituents is 1. The van der Waals surface area contributed by atoms with Crippen molar-refractivity contribution in [2.24, 2.45) is 35.1 Å². The van der Waals surface area contributed by atoms with E-state index in [9.17, 15) is 74.4 Å². The molecule has 4 rings (SSSR count). The van der Waals surface area contributed by atoms with Crippen LogP contribution in [0.4, 0.5) is 0 Å². The number of unbranched alkanes of at least 4 members (excludes halogenated alkanes) is 5. The van der Waals surface area contributed by atoms with Gasteiger partial charge < -0.3 is 78.1 Å². The van der Waals surface area contributed by atoms with Crippen LogP contribution in [-0.2, 0) is 33.6 Å². The molecule has 23 heteroatoms. The average Bonchev–Trinajstić information content (AvgIpc) is 3.99. The number of aliphatic hydroxyl groups excluding tert-OH is 7. The third-order valence-corrected chi connectivity index (χ3v) is 15.5. The Labute approximate surface area is 452 Å². The molecule has 0 aromatic heterocycles. The van der Waals surface area contributed by atoms with Gasteiger partial charge in [0.15, 0.2) is 5.78 Å². The number of phenols is 1. The van der Waals surface area contributed by atoms with Crippen molar-refractivity contribution in [1.29, 1.82) is 0 Å². The Balaban J connectivity index is 1.73. The summed E-state index contributed by atoms with van der Waals surface area (Å²) in [6.07, 6.45) is -7.28. The zero-order chi connectivity index (χ0) is 57.1. The highest BCUT2D eigenvalue weighted by Crippen LogP contribution is 2.31. The number of ketones is 2. The Morgan fingerprint density at radius 1 is 0.753 bits per heavy atom. The molecular weight excluding hydrogens is 1000 g/mol. The van der Waals surface area contributed by atoms with Crippen LogP contribution < -0.4 is 32.7 Å². The highest BCUT2D eigenvalue weighted by molar-refractivity contribution is 5.98. The second-order valence-electron chi connectivity index (χ2n) is 21.9. The number of hydrogen-bond acceptors (Lipinski definition) is 18. The van der Waals surface area contributed by atoms with E-state index in [2.05, 4.69) is 42.0 Å². The van der Waals surface area contributed by atoms with E-state index < -0.39 is 152 Å². The lowest BCUT2D eigenvalue weighted by atomic mass is 9.86. The third kappa shape index (κ3) is 19.0. The maximum Gasteiger partial charge on any atom is 0.248 e. The van der Waals surface area contributed by atoms with E-state index in [1.165, 1.54) is 37.6 Å². The van der Waals surface area contributed by atoms with Gasteiger partial charge in [0.2, 0.25) is 29.5 Å². The summed E-state index contributed by atoms with van der Waals surface area (Å²) >= 11 is 0. The molecule has 0 spiro atoms. The molecule has 3 saturated heterocycles. The summed E-state index contributed by atoms with van der Waals surface area (Å²) in [6, 6.07) is -2.13. The summed E-state index contributed by atoms with van der Waals surface area (Å²) in [5.41, 5.74) is 11.6. The fourth-order valence-corrected chi connectivity index (χ4v) is 10.8. The first-order valence-electron chi connectivity index (χ1n) is 27.8. The van der Waals surface area contributed by atoms with Crippen molar-refractivity contribution in [1.82, 2.24) is 31.1 Å². The normalized spacial score (nSPS) is 28.8. The molecule has 3 heterocycles. The molecule has 16 N–H and O–H groups in total. The molecule has 0 bridgehead atoms. The van der Waals surface area contributed by atoms with Gasteiger partial charge in [-0.15, -0.1) is 0 Å². The number of fused-ring (bicyclic) bond motifs is 2. The van der Waals surface area contributed by atoms with Crippen molar-refractivity contribution < 1.29 is 74.4 Å². The number of hydrogen-bond donors (Lipinski definition) is 14. The molecule has 1 aromatic rings. The van der Waals surface area contributed by atoms with Gasteiger partial charge in [-0.25, -0.2) is 0 Å². The Morgan fingerprint density at radius 2 is 1.39 bits per heavy atom. The largest absolute Gasteiger partial charge is 0.508 e. The second-order valence-corrected chi connectivity index (χ2v) is 21.9. The van der Waals surface area contributed by atoms with Crippen LogP contribution in [0.25, 0.3) is 0 Å². The first-order chi connectivity index (χ1) is 36.5. The summed E-state index contributed by atoms with van der Waals surface area (Å²) in [7, 11) is 0. The van der Waals surface area contributed by atoms with Gasteiger partial charge in [0, 0.05) is 57.8 Å². The Morgan fingerprint density at radius 3 is 2.03 bits per heavy atom. The predicted molar refractivity (Wildman–Crippen MR) is 283 cm³/mol. The number of nitrogens with two attached hydrogens (primary N) is 2. The molecule has 0 aliphatic carbocycles. The molecule has 0 radical (unpaired) electrons. The van der Waals surface area contributed by atoms with Crippen molar-refractivity contribution in [3.63, 3.8) is 0 Å². The van der Waals surface area contributed by atoms with Crippen molar-refractivity contribution in [3.05, 3.63) is 29.8 Å². The molecule has 3 aliphatic rings. The number of amides is 5. The molecular formula is C54H90N8O15. The third-order valence-electron chi connectivity index (χ3n) is 15.5. The Bertz CT molecular complexity index is 2070. The average molecular weight is 1090 g/mol. The van der Waals surface area contributed by atoms with E-state index in [0.29, 0.717) is 18.3 Å². The molecule has 77 heavy (non-hydrogen) atoms. The van der Waals surface area contributed by atoms with Crippen LogP contribution in [0, 0.1) is 23.7 Å². The van der Waals surface area contributed by atoms with Gasteiger partial charge in [-0.05, 0) is 75.1 Å². The number of carbonyl (C=O) groups excluding carboxylic acids is 7. The summed E-state index contributed by atoms with van der Waals surface area (Å²) < 4.78 is 0. The van der Waals surface area contributed by atoms with E-state index in [1.807, 2.05) is 0 Å². The minimum Gasteiger partial charge on any atom is -0.508 e. The van der Waals surface area contributed by atoms with Crippen LogP contribution in [-0.4, -0.2) is 191 Å². The van der Waals surface area contributed by atoms with E-state index in [4.69, 9.17) is 11.5 Å².